The number of nitrogens with one attached hydrogen (secondary N) is 1. The van der Waals surface area contributed by atoms with Crippen molar-refractivity contribution in [3.05, 3.63) is 90.0 Å². The van der Waals surface area contributed by atoms with Crippen molar-refractivity contribution in [3.63, 3.8) is 0 Å². The molecule has 0 aliphatic rings. The van der Waals surface area contributed by atoms with E-state index in [4.69, 9.17) is 9.72 Å². The van der Waals surface area contributed by atoms with Crippen molar-refractivity contribution in [2.75, 3.05) is 12.4 Å². The third-order valence-corrected chi connectivity index (χ3v) is 9.70. The van der Waals surface area contributed by atoms with E-state index in [-0.39, 0.29) is 17.0 Å². The van der Waals surface area contributed by atoms with Gasteiger partial charge in [-0.05, 0) is 85.3 Å². The van der Waals surface area contributed by atoms with Crippen molar-refractivity contribution in [1.82, 2.24) is 16.1 Å². The van der Waals surface area contributed by atoms with Crippen molar-refractivity contribution in [2.24, 2.45) is 0 Å². The fourth-order valence-corrected chi connectivity index (χ4v) is 7.61. The van der Waals surface area contributed by atoms with Crippen LogP contribution in [0.15, 0.2) is 83.8 Å². The highest BCUT2D eigenvalue weighted by molar-refractivity contribution is 7.86. The SMILES string of the molecule is COc1ccc(C(=O)Nc2ccc(-c3nc4ccc(-c5nc6ccc(C)c(S(=O)(=O)[O-])c6s5)cc4s3)cc2)cc1.[NH4+]. The second-order valence-corrected chi connectivity index (χ2v) is 12.3. The van der Waals surface area contributed by atoms with Gasteiger partial charge in [-0.25, -0.2) is 18.4 Å². The Labute approximate surface area is 243 Å². The first-order valence-electron chi connectivity index (χ1n) is 12.0. The number of amides is 1. The molecule has 208 valence electrons. The van der Waals surface area contributed by atoms with Gasteiger partial charge >= 0.3 is 0 Å². The zero-order valence-electron chi connectivity index (χ0n) is 22.2. The molecule has 0 spiro atoms. The number of quaternary nitrogens is 1. The minimum atomic E-state index is -4.63. The number of thiazole rings is 2. The summed E-state index contributed by atoms with van der Waals surface area (Å²) < 4.78 is 42.1. The van der Waals surface area contributed by atoms with Gasteiger partial charge in [0.2, 0.25) is 0 Å². The molecule has 41 heavy (non-hydrogen) atoms. The Hall–Kier alpha value is -4.20. The van der Waals surface area contributed by atoms with Crippen LogP contribution in [-0.2, 0) is 10.1 Å². The molecule has 2 heterocycles. The van der Waals surface area contributed by atoms with E-state index in [1.54, 1.807) is 50.4 Å². The monoisotopic (exact) mass is 604 g/mol. The Kier molecular flexibility index (Phi) is 7.60. The number of methoxy groups -OCH3 is 1. The van der Waals surface area contributed by atoms with Gasteiger partial charge in [-0.1, -0.05) is 6.07 Å². The highest BCUT2D eigenvalue weighted by atomic mass is 32.2. The van der Waals surface area contributed by atoms with Gasteiger partial charge in [-0.3, -0.25) is 4.79 Å². The summed E-state index contributed by atoms with van der Waals surface area (Å²) in [7, 11) is -3.06. The van der Waals surface area contributed by atoms with E-state index < -0.39 is 10.1 Å². The van der Waals surface area contributed by atoms with Gasteiger partial charge in [0.1, 0.15) is 25.9 Å². The summed E-state index contributed by atoms with van der Waals surface area (Å²) in [5.74, 6) is 0.468. The molecule has 0 saturated heterocycles. The largest absolute Gasteiger partial charge is 0.744 e. The lowest BCUT2D eigenvalue weighted by Crippen LogP contribution is -2.11. The first-order chi connectivity index (χ1) is 19.2. The Bertz CT molecular complexity index is 2020. The van der Waals surface area contributed by atoms with Crippen molar-refractivity contribution in [3.8, 4) is 26.9 Å². The van der Waals surface area contributed by atoms with Crippen LogP contribution in [0.5, 0.6) is 5.75 Å². The first kappa shape index (κ1) is 28.3. The zero-order chi connectivity index (χ0) is 28.0. The molecule has 1 amide bonds. The fraction of sp³-hybridized carbons (Fsp3) is 0.0690. The van der Waals surface area contributed by atoms with Crippen LogP contribution in [-0.4, -0.2) is 36.0 Å². The topological polar surface area (TPSA) is 158 Å². The van der Waals surface area contributed by atoms with Crippen LogP contribution in [0.1, 0.15) is 15.9 Å². The lowest BCUT2D eigenvalue weighted by Gasteiger charge is -2.10. The van der Waals surface area contributed by atoms with E-state index in [2.05, 4.69) is 10.3 Å². The highest BCUT2D eigenvalue weighted by Gasteiger charge is 2.17. The first-order valence-corrected chi connectivity index (χ1v) is 15.1. The third kappa shape index (κ3) is 5.56. The Balaban J connectivity index is 0.00000337. The lowest BCUT2D eigenvalue weighted by molar-refractivity contribution is 0.102. The molecule has 6 rings (SSSR count). The molecular weight excluding hydrogens is 581 g/mol. The number of ether oxygens (including phenoxy) is 1. The number of hydrogen-bond acceptors (Lipinski definition) is 9. The summed E-state index contributed by atoms with van der Waals surface area (Å²) in [5.41, 5.74) is 4.62. The van der Waals surface area contributed by atoms with Gasteiger partial charge < -0.3 is 20.8 Å². The van der Waals surface area contributed by atoms with Crippen LogP contribution in [0, 0.1) is 6.92 Å². The number of anilines is 1. The van der Waals surface area contributed by atoms with Gasteiger partial charge in [0.25, 0.3) is 5.91 Å². The average molecular weight is 605 g/mol. The quantitative estimate of drug-likeness (QED) is 0.192. The number of rotatable bonds is 6. The second-order valence-electron chi connectivity index (χ2n) is 8.99. The van der Waals surface area contributed by atoms with E-state index in [0.29, 0.717) is 37.8 Å². The van der Waals surface area contributed by atoms with Crippen molar-refractivity contribution in [2.45, 2.75) is 11.8 Å². The molecule has 0 bridgehead atoms. The molecule has 9 nitrogen and oxygen atoms in total. The number of benzene rings is 4. The zero-order valence-corrected chi connectivity index (χ0v) is 24.6. The normalized spacial score (nSPS) is 11.4. The Morgan fingerprint density at radius 1 is 0.854 bits per heavy atom. The predicted molar refractivity (Wildman–Crippen MR) is 163 cm³/mol. The van der Waals surface area contributed by atoms with E-state index in [1.165, 1.54) is 22.7 Å². The summed E-state index contributed by atoms with van der Waals surface area (Å²) in [5, 5.41) is 4.34. The molecule has 0 saturated carbocycles. The maximum atomic E-state index is 12.6. The molecular formula is C29H24N4O5S3. The van der Waals surface area contributed by atoms with Gasteiger partial charge in [0.05, 0.1) is 32.4 Å². The number of aryl methyl sites for hydroxylation is 1. The molecule has 0 aliphatic carbocycles. The fourth-order valence-electron chi connectivity index (χ4n) is 4.32. The molecule has 2 aromatic heterocycles. The van der Waals surface area contributed by atoms with Crippen LogP contribution in [0.25, 0.3) is 41.6 Å². The molecule has 5 N–H and O–H groups in total. The Morgan fingerprint density at radius 2 is 1.49 bits per heavy atom. The minimum absolute atomic E-state index is 0. The average Bonchev–Trinajstić information content (AvgIpc) is 3.56. The molecule has 4 aromatic carbocycles. The highest BCUT2D eigenvalue weighted by Crippen LogP contribution is 2.38. The smallest absolute Gasteiger partial charge is 0.255 e. The van der Waals surface area contributed by atoms with Gasteiger partial charge in [-0.15, -0.1) is 22.7 Å². The summed E-state index contributed by atoms with van der Waals surface area (Å²) in [6.07, 6.45) is 0. The maximum absolute atomic E-state index is 12.6. The van der Waals surface area contributed by atoms with Crippen molar-refractivity contribution < 1.29 is 22.5 Å². The standard InChI is InChI=1S/C29H21N3O5S3.H3N/c1-16-3-13-23-25(26(16)40(34,35)36)39-29(32-23)19-8-14-22-24(15-19)38-28(31-22)18-4-9-20(10-5-18)30-27(33)17-6-11-21(37-2)12-7-17;/h3-15H,1-2H3,(H,30,33)(H,34,35,36);1H3. The molecule has 12 heteroatoms. The van der Waals surface area contributed by atoms with E-state index in [1.807, 2.05) is 42.5 Å². The van der Waals surface area contributed by atoms with E-state index in [9.17, 15) is 17.8 Å². The van der Waals surface area contributed by atoms with Crippen LogP contribution in [0.3, 0.4) is 0 Å². The molecule has 0 aliphatic heterocycles. The summed E-state index contributed by atoms with van der Waals surface area (Å²) in [6, 6.07) is 23.5. The van der Waals surface area contributed by atoms with E-state index in [0.717, 1.165) is 26.4 Å². The third-order valence-electron chi connectivity index (χ3n) is 6.34. The predicted octanol–water partition coefficient (Wildman–Crippen LogP) is 7.09. The van der Waals surface area contributed by atoms with Crippen molar-refractivity contribution >= 4 is 64.8 Å². The maximum Gasteiger partial charge on any atom is 0.255 e. The van der Waals surface area contributed by atoms with Crippen LogP contribution >= 0.6 is 22.7 Å². The Morgan fingerprint density at radius 3 is 2.17 bits per heavy atom. The van der Waals surface area contributed by atoms with Gasteiger partial charge in [-0.2, -0.15) is 0 Å². The van der Waals surface area contributed by atoms with Crippen LogP contribution in [0.4, 0.5) is 5.69 Å². The van der Waals surface area contributed by atoms with Crippen LogP contribution < -0.4 is 16.2 Å². The molecule has 0 unspecified atom stereocenters. The van der Waals surface area contributed by atoms with Gasteiger partial charge in [0.15, 0.2) is 0 Å². The lowest BCUT2D eigenvalue weighted by atomic mass is 10.2. The number of carbonyl (C=O) groups is 1. The van der Waals surface area contributed by atoms with Crippen LogP contribution in [0.2, 0.25) is 0 Å². The number of aromatic nitrogens is 2. The summed E-state index contributed by atoms with van der Waals surface area (Å²) >= 11 is 2.71. The van der Waals surface area contributed by atoms with Gasteiger partial charge in [0, 0.05) is 22.4 Å². The molecule has 0 atom stereocenters. The molecule has 0 fully saturated rings. The molecule has 0 radical (unpaired) electrons. The van der Waals surface area contributed by atoms with Crippen molar-refractivity contribution in [1.29, 1.82) is 0 Å². The summed E-state index contributed by atoms with van der Waals surface area (Å²) in [6.45, 7) is 1.61. The minimum Gasteiger partial charge on any atom is -0.744 e. The number of nitrogens with zero attached hydrogens (tertiary/aromatic N) is 2. The molecule has 6 aromatic rings. The van der Waals surface area contributed by atoms with E-state index >= 15 is 0 Å². The number of hydrogen-bond donors (Lipinski definition) is 2. The summed E-state index contributed by atoms with van der Waals surface area (Å²) in [4.78, 5) is 21.7. The number of carbonyl (C=O) groups excluding carboxylic acids is 1. The number of fused-ring (bicyclic) bond motifs is 2. The second kappa shape index (κ2) is 11.0.